The fraction of sp³-hybridized carbons (Fsp3) is 0.300. The Morgan fingerprint density at radius 2 is 1.89 bits per heavy atom. The number of carbonyl (C=O) groups is 1. The Hall–Kier alpha value is -2.67. The highest BCUT2D eigenvalue weighted by Crippen LogP contribution is 2.23. The molecule has 142 valence electrons. The number of H-pyrrole nitrogens is 1. The SMILES string of the molecule is CC(C)C[C@H](NC(=O)c1cccc(S(C)(=O)=O)c1)c1nc2ccccc2[nH]1. The van der Waals surface area contributed by atoms with Gasteiger partial charge in [-0.1, -0.05) is 32.0 Å². The van der Waals surface area contributed by atoms with Crippen molar-refractivity contribution in [2.24, 2.45) is 5.92 Å². The first kappa shape index (κ1) is 19.1. The number of imidazole rings is 1. The number of para-hydroxylation sites is 2. The van der Waals surface area contributed by atoms with Crippen LogP contribution in [0.1, 0.15) is 42.5 Å². The van der Waals surface area contributed by atoms with Crippen molar-refractivity contribution in [3.05, 3.63) is 59.9 Å². The van der Waals surface area contributed by atoms with E-state index >= 15 is 0 Å². The zero-order valence-electron chi connectivity index (χ0n) is 15.6. The standard InChI is InChI=1S/C20H23N3O3S/c1-13(2)11-18(19-21-16-9-4-5-10-17(16)22-19)23-20(24)14-7-6-8-15(12-14)27(3,25)26/h4-10,12-13,18H,11H2,1-3H3,(H,21,22)(H,23,24)/t18-/m0/s1. The van der Waals surface area contributed by atoms with Gasteiger partial charge in [0.15, 0.2) is 9.84 Å². The first-order chi connectivity index (χ1) is 12.7. The lowest BCUT2D eigenvalue weighted by Gasteiger charge is -2.19. The summed E-state index contributed by atoms with van der Waals surface area (Å²) in [5.41, 5.74) is 2.06. The number of amides is 1. The number of sulfone groups is 1. The first-order valence-corrected chi connectivity index (χ1v) is 10.7. The minimum Gasteiger partial charge on any atom is -0.342 e. The van der Waals surface area contributed by atoms with Crippen LogP contribution in [0.15, 0.2) is 53.4 Å². The molecule has 7 heteroatoms. The van der Waals surface area contributed by atoms with Gasteiger partial charge in [0, 0.05) is 11.8 Å². The third-order valence-corrected chi connectivity index (χ3v) is 5.38. The highest BCUT2D eigenvalue weighted by Gasteiger charge is 2.21. The molecule has 3 rings (SSSR count). The molecule has 2 aromatic carbocycles. The Labute approximate surface area is 158 Å². The molecule has 1 aromatic heterocycles. The molecular weight excluding hydrogens is 362 g/mol. The van der Waals surface area contributed by atoms with Gasteiger partial charge in [-0.25, -0.2) is 13.4 Å². The molecule has 0 aliphatic heterocycles. The normalized spacial score (nSPS) is 13.0. The highest BCUT2D eigenvalue weighted by atomic mass is 32.2. The summed E-state index contributed by atoms with van der Waals surface area (Å²) in [5.74, 6) is 0.704. The zero-order chi connectivity index (χ0) is 19.6. The van der Waals surface area contributed by atoms with Gasteiger partial charge in [-0.05, 0) is 42.7 Å². The van der Waals surface area contributed by atoms with E-state index in [-0.39, 0.29) is 16.8 Å². The lowest BCUT2D eigenvalue weighted by atomic mass is 10.0. The number of aromatic amines is 1. The molecule has 0 aliphatic carbocycles. The predicted molar refractivity (Wildman–Crippen MR) is 105 cm³/mol. The Balaban J connectivity index is 1.89. The number of hydrogen-bond acceptors (Lipinski definition) is 4. The van der Waals surface area contributed by atoms with Crippen LogP contribution >= 0.6 is 0 Å². The van der Waals surface area contributed by atoms with E-state index in [1.807, 2.05) is 24.3 Å². The quantitative estimate of drug-likeness (QED) is 0.679. The van der Waals surface area contributed by atoms with Gasteiger partial charge in [0.1, 0.15) is 5.82 Å². The lowest BCUT2D eigenvalue weighted by Crippen LogP contribution is -2.30. The number of benzene rings is 2. The summed E-state index contributed by atoms with van der Waals surface area (Å²) in [6.45, 7) is 4.15. The summed E-state index contributed by atoms with van der Waals surface area (Å²) in [6, 6.07) is 13.5. The molecule has 2 N–H and O–H groups in total. The van der Waals surface area contributed by atoms with E-state index in [9.17, 15) is 13.2 Å². The van der Waals surface area contributed by atoms with Gasteiger partial charge < -0.3 is 10.3 Å². The van der Waals surface area contributed by atoms with Gasteiger partial charge in [0.25, 0.3) is 5.91 Å². The van der Waals surface area contributed by atoms with Crippen molar-refractivity contribution in [2.75, 3.05) is 6.26 Å². The molecule has 0 saturated heterocycles. The summed E-state index contributed by atoms with van der Waals surface area (Å²) in [5, 5.41) is 2.99. The van der Waals surface area contributed by atoms with Crippen LogP contribution in [0.2, 0.25) is 0 Å². The average Bonchev–Trinajstić information content (AvgIpc) is 3.04. The maximum atomic E-state index is 12.8. The number of nitrogens with one attached hydrogen (secondary N) is 2. The topological polar surface area (TPSA) is 91.9 Å². The lowest BCUT2D eigenvalue weighted by molar-refractivity contribution is 0.0930. The molecule has 6 nitrogen and oxygen atoms in total. The number of aromatic nitrogens is 2. The molecular formula is C20H23N3O3S. The average molecular weight is 385 g/mol. The zero-order valence-corrected chi connectivity index (χ0v) is 16.4. The fourth-order valence-corrected chi connectivity index (χ4v) is 3.62. The molecule has 27 heavy (non-hydrogen) atoms. The van der Waals surface area contributed by atoms with Crippen molar-refractivity contribution < 1.29 is 13.2 Å². The van der Waals surface area contributed by atoms with Crippen LogP contribution in [0, 0.1) is 5.92 Å². The number of fused-ring (bicyclic) bond motifs is 1. The van der Waals surface area contributed by atoms with Crippen LogP contribution in [0.3, 0.4) is 0 Å². The second-order valence-electron chi connectivity index (χ2n) is 7.09. The maximum absolute atomic E-state index is 12.8. The van der Waals surface area contributed by atoms with Crippen LogP contribution in [-0.2, 0) is 9.84 Å². The second kappa shape index (κ2) is 7.52. The molecule has 3 aromatic rings. The van der Waals surface area contributed by atoms with E-state index in [2.05, 4.69) is 29.1 Å². The summed E-state index contributed by atoms with van der Waals surface area (Å²) in [7, 11) is -3.37. The Bertz CT molecular complexity index is 1040. The van der Waals surface area contributed by atoms with Crippen molar-refractivity contribution >= 4 is 26.8 Å². The van der Waals surface area contributed by atoms with E-state index in [0.717, 1.165) is 17.3 Å². The summed E-state index contributed by atoms with van der Waals surface area (Å²) < 4.78 is 23.5. The molecule has 0 saturated carbocycles. The van der Waals surface area contributed by atoms with Gasteiger partial charge in [0.2, 0.25) is 0 Å². The van der Waals surface area contributed by atoms with E-state index in [0.29, 0.717) is 23.7 Å². The molecule has 0 unspecified atom stereocenters. The molecule has 0 fully saturated rings. The van der Waals surface area contributed by atoms with Gasteiger partial charge in [0.05, 0.1) is 22.0 Å². The monoisotopic (exact) mass is 385 g/mol. The van der Waals surface area contributed by atoms with Crippen molar-refractivity contribution in [3.8, 4) is 0 Å². The summed E-state index contributed by atoms with van der Waals surface area (Å²) in [6.07, 6.45) is 1.83. The first-order valence-electron chi connectivity index (χ1n) is 8.79. The van der Waals surface area contributed by atoms with Crippen LogP contribution in [0.25, 0.3) is 11.0 Å². The van der Waals surface area contributed by atoms with Gasteiger partial charge in [-0.2, -0.15) is 0 Å². The van der Waals surface area contributed by atoms with Crippen LogP contribution in [-0.4, -0.2) is 30.5 Å². The third-order valence-electron chi connectivity index (χ3n) is 4.27. The molecule has 0 spiro atoms. The Morgan fingerprint density at radius 3 is 2.56 bits per heavy atom. The van der Waals surface area contributed by atoms with Crippen molar-refractivity contribution in [3.63, 3.8) is 0 Å². The smallest absolute Gasteiger partial charge is 0.251 e. The molecule has 1 amide bonds. The van der Waals surface area contributed by atoms with Crippen molar-refractivity contribution in [1.82, 2.24) is 15.3 Å². The van der Waals surface area contributed by atoms with Gasteiger partial charge in [-0.15, -0.1) is 0 Å². The number of hydrogen-bond donors (Lipinski definition) is 2. The van der Waals surface area contributed by atoms with Crippen LogP contribution in [0.4, 0.5) is 0 Å². The molecule has 0 bridgehead atoms. The van der Waals surface area contributed by atoms with Gasteiger partial charge in [-0.3, -0.25) is 4.79 Å². The summed E-state index contributed by atoms with van der Waals surface area (Å²) in [4.78, 5) is 20.8. The molecule has 0 aliphatic rings. The highest BCUT2D eigenvalue weighted by molar-refractivity contribution is 7.90. The minimum atomic E-state index is -3.37. The third kappa shape index (κ3) is 4.54. The fourth-order valence-electron chi connectivity index (χ4n) is 2.96. The Kier molecular flexibility index (Phi) is 5.32. The van der Waals surface area contributed by atoms with E-state index in [1.54, 1.807) is 12.1 Å². The minimum absolute atomic E-state index is 0.124. The largest absolute Gasteiger partial charge is 0.342 e. The second-order valence-corrected chi connectivity index (χ2v) is 9.11. The van der Waals surface area contributed by atoms with Crippen LogP contribution in [0.5, 0.6) is 0 Å². The number of nitrogens with zero attached hydrogens (tertiary/aromatic N) is 1. The van der Waals surface area contributed by atoms with Crippen molar-refractivity contribution in [1.29, 1.82) is 0 Å². The number of rotatable bonds is 6. The predicted octanol–water partition coefficient (Wildman–Crippen LogP) is 3.48. The molecule has 0 radical (unpaired) electrons. The van der Waals surface area contributed by atoms with Gasteiger partial charge >= 0.3 is 0 Å². The Morgan fingerprint density at radius 1 is 1.15 bits per heavy atom. The van der Waals surface area contributed by atoms with E-state index < -0.39 is 9.84 Å². The van der Waals surface area contributed by atoms with E-state index in [1.165, 1.54) is 12.1 Å². The molecule has 1 heterocycles. The molecule has 1 atom stereocenters. The maximum Gasteiger partial charge on any atom is 0.251 e. The van der Waals surface area contributed by atoms with Crippen molar-refractivity contribution in [2.45, 2.75) is 31.2 Å². The van der Waals surface area contributed by atoms with Crippen LogP contribution < -0.4 is 5.32 Å². The summed E-state index contributed by atoms with van der Waals surface area (Å²) >= 11 is 0. The van der Waals surface area contributed by atoms with E-state index in [4.69, 9.17) is 0 Å². The number of carbonyl (C=O) groups excluding carboxylic acids is 1.